The number of hydrogen-bond acceptors (Lipinski definition) is 3. The van der Waals surface area contributed by atoms with Crippen molar-refractivity contribution >= 4 is 18.5 Å². The van der Waals surface area contributed by atoms with Crippen molar-refractivity contribution in [2.24, 2.45) is 0 Å². The molecule has 0 fully saturated rings. The summed E-state index contributed by atoms with van der Waals surface area (Å²) in [6.07, 6.45) is 2.15. The monoisotopic (exact) mass is 270 g/mol. The number of aromatic nitrogens is 1. The van der Waals surface area contributed by atoms with Crippen LogP contribution in [0.1, 0.15) is 5.56 Å². The highest BCUT2D eigenvalue weighted by atomic mass is 31.2. The van der Waals surface area contributed by atoms with E-state index in [9.17, 15) is 9.67 Å². The lowest BCUT2D eigenvalue weighted by Gasteiger charge is -2.05. The number of hydrogen-bond donors (Lipinski definition) is 5. The van der Waals surface area contributed by atoms with Crippen LogP contribution in [0.15, 0.2) is 24.4 Å². The Morgan fingerprint density at radius 3 is 2.83 bits per heavy atom. The van der Waals surface area contributed by atoms with E-state index in [1.807, 2.05) is 6.20 Å². The number of H-pyrrole nitrogens is 1. The first-order chi connectivity index (χ1) is 8.46. The van der Waals surface area contributed by atoms with Gasteiger partial charge >= 0.3 is 7.60 Å². The maximum atomic E-state index is 10.6. The molecule has 1 aromatic carbocycles. The summed E-state index contributed by atoms with van der Waals surface area (Å²) in [5.74, 6) is 0.200. The average molecular weight is 270 g/mol. The molecule has 0 aliphatic heterocycles. The van der Waals surface area contributed by atoms with Crippen LogP contribution < -0.4 is 5.32 Å². The molecule has 0 saturated carbocycles. The topological polar surface area (TPSA) is 106 Å². The van der Waals surface area contributed by atoms with Crippen LogP contribution in [-0.2, 0) is 11.0 Å². The Hall–Kier alpha value is -1.33. The van der Waals surface area contributed by atoms with Crippen molar-refractivity contribution in [3.8, 4) is 5.75 Å². The largest absolute Gasteiger partial charge is 0.508 e. The first-order valence-electron chi connectivity index (χ1n) is 5.50. The fourth-order valence-corrected chi connectivity index (χ4v) is 2.27. The zero-order valence-electron chi connectivity index (χ0n) is 9.63. The van der Waals surface area contributed by atoms with Crippen LogP contribution in [-0.4, -0.2) is 32.7 Å². The molecule has 98 valence electrons. The molecule has 7 heteroatoms. The fourth-order valence-electron chi connectivity index (χ4n) is 1.82. The molecule has 5 N–H and O–H groups in total. The fraction of sp³-hybridized carbons (Fsp3) is 0.273. The Morgan fingerprint density at radius 1 is 1.33 bits per heavy atom. The Kier molecular flexibility index (Phi) is 3.73. The molecular weight excluding hydrogens is 255 g/mol. The number of benzene rings is 1. The number of phenolic OH excluding ortho intramolecular Hbond substituents is 1. The maximum absolute atomic E-state index is 10.6. The van der Waals surface area contributed by atoms with Gasteiger partial charge in [0, 0.05) is 17.1 Å². The van der Waals surface area contributed by atoms with Crippen LogP contribution in [0.25, 0.3) is 10.9 Å². The van der Waals surface area contributed by atoms with Gasteiger partial charge in [0.15, 0.2) is 0 Å². The van der Waals surface area contributed by atoms with Crippen molar-refractivity contribution in [3.63, 3.8) is 0 Å². The molecule has 0 bridgehead atoms. The Balaban J connectivity index is 2.00. The van der Waals surface area contributed by atoms with Crippen LogP contribution >= 0.6 is 7.60 Å². The standard InChI is InChI=1S/C11H15N2O4P/c14-9-1-2-11-10(5-9)8(6-13-11)3-4-12-7-18(15,16)17/h1-2,5-6,12-14H,3-4,7H2,(H2,15,16,17). The molecule has 0 aliphatic rings. The number of rotatable bonds is 5. The summed E-state index contributed by atoms with van der Waals surface area (Å²) in [5.41, 5.74) is 1.93. The van der Waals surface area contributed by atoms with Crippen LogP contribution in [0.4, 0.5) is 0 Å². The van der Waals surface area contributed by atoms with Crippen molar-refractivity contribution < 1.29 is 19.5 Å². The molecule has 0 amide bonds. The number of fused-ring (bicyclic) bond motifs is 1. The van der Waals surface area contributed by atoms with Gasteiger partial charge in [0.25, 0.3) is 0 Å². The predicted molar refractivity (Wildman–Crippen MR) is 68.6 cm³/mol. The van der Waals surface area contributed by atoms with E-state index in [2.05, 4.69) is 10.3 Å². The Morgan fingerprint density at radius 2 is 2.11 bits per heavy atom. The third-order valence-corrected chi connectivity index (χ3v) is 3.28. The van der Waals surface area contributed by atoms with Gasteiger partial charge in [0.2, 0.25) is 0 Å². The lowest BCUT2D eigenvalue weighted by atomic mass is 10.1. The molecule has 1 heterocycles. The molecule has 18 heavy (non-hydrogen) atoms. The normalized spacial score (nSPS) is 12.1. The number of aromatic amines is 1. The molecule has 0 spiro atoms. The molecule has 0 unspecified atom stereocenters. The van der Waals surface area contributed by atoms with E-state index < -0.39 is 7.60 Å². The van der Waals surface area contributed by atoms with Crippen molar-refractivity contribution in [2.45, 2.75) is 6.42 Å². The van der Waals surface area contributed by atoms with Crippen molar-refractivity contribution in [1.29, 1.82) is 0 Å². The third kappa shape index (κ3) is 3.34. The minimum Gasteiger partial charge on any atom is -0.508 e. The molecule has 0 radical (unpaired) electrons. The van der Waals surface area contributed by atoms with E-state index in [0.29, 0.717) is 13.0 Å². The maximum Gasteiger partial charge on any atom is 0.339 e. The second-order valence-electron chi connectivity index (χ2n) is 4.12. The molecule has 0 aliphatic carbocycles. The molecular formula is C11H15N2O4P. The van der Waals surface area contributed by atoms with Crippen molar-refractivity contribution in [3.05, 3.63) is 30.0 Å². The lowest BCUT2D eigenvalue weighted by Crippen LogP contribution is -2.18. The smallest absolute Gasteiger partial charge is 0.339 e. The van der Waals surface area contributed by atoms with Crippen molar-refractivity contribution in [1.82, 2.24) is 10.3 Å². The van der Waals surface area contributed by atoms with E-state index in [1.54, 1.807) is 18.2 Å². The zero-order chi connectivity index (χ0) is 13.2. The Labute approximate surface area is 104 Å². The molecule has 1 aromatic heterocycles. The van der Waals surface area contributed by atoms with Gasteiger partial charge < -0.3 is 25.2 Å². The van der Waals surface area contributed by atoms with Crippen LogP contribution in [0.5, 0.6) is 5.75 Å². The molecule has 6 nitrogen and oxygen atoms in total. The zero-order valence-corrected chi connectivity index (χ0v) is 10.5. The minimum absolute atomic E-state index is 0.200. The van der Waals surface area contributed by atoms with Gasteiger partial charge in [-0.3, -0.25) is 4.57 Å². The lowest BCUT2D eigenvalue weighted by molar-refractivity contribution is 0.368. The highest BCUT2D eigenvalue weighted by molar-refractivity contribution is 7.51. The van der Waals surface area contributed by atoms with Gasteiger partial charge in [0.1, 0.15) is 5.75 Å². The summed E-state index contributed by atoms with van der Waals surface area (Å²) in [7, 11) is -3.99. The minimum atomic E-state index is -3.99. The average Bonchev–Trinajstić information content (AvgIpc) is 2.66. The summed E-state index contributed by atoms with van der Waals surface area (Å²) in [6, 6.07) is 5.07. The highest BCUT2D eigenvalue weighted by Crippen LogP contribution is 2.31. The number of aromatic hydroxyl groups is 1. The first-order valence-corrected chi connectivity index (χ1v) is 7.30. The summed E-state index contributed by atoms with van der Waals surface area (Å²) in [6.45, 7) is 0.466. The predicted octanol–water partition coefficient (Wildman–Crippen LogP) is 1.14. The van der Waals surface area contributed by atoms with E-state index >= 15 is 0 Å². The summed E-state index contributed by atoms with van der Waals surface area (Å²) in [5, 5.41) is 13.0. The van der Waals surface area contributed by atoms with Crippen LogP contribution in [0.3, 0.4) is 0 Å². The quantitative estimate of drug-likeness (QED) is 0.414. The van der Waals surface area contributed by atoms with E-state index in [0.717, 1.165) is 16.5 Å². The van der Waals surface area contributed by atoms with Crippen LogP contribution in [0, 0.1) is 0 Å². The third-order valence-electron chi connectivity index (χ3n) is 2.64. The molecule has 0 atom stereocenters. The van der Waals surface area contributed by atoms with Gasteiger partial charge in [0.05, 0.1) is 6.29 Å². The number of nitrogens with one attached hydrogen (secondary N) is 2. The molecule has 2 aromatic rings. The van der Waals surface area contributed by atoms with Crippen molar-refractivity contribution in [2.75, 3.05) is 12.8 Å². The van der Waals surface area contributed by atoms with Gasteiger partial charge in [-0.05, 0) is 36.7 Å². The van der Waals surface area contributed by atoms with Gasteiger partial charge in [-0.15, -0.1) is 0 Å². The molecule has 0 saturated heterocycles. The SMILES string of the molecule is O=P(O)(O)CNCCc1c[nH]c2ccc(O)cc12. The number of phenols is 1. The van der Waals surface area contributed by atoms with E-state index in [1.165, 1.54) is 0 Å². The summed E-state index contributed by atoms with van der Waals surface area (Å²) < 4.78 is 10.6. The van der Waals surface area contributed by atoms with Crippen LogP contribution in [0.2, 0.25) is 0 Å². The van der Waals surface area contributed by atoms with Gasteiger partial charge in [-0.2, -0.15) is 0 Å². The van der Waals surface area contributed by atoms with E-state index in [-0.39, 0.29) is 12.0 Å². The Bertz CT molecular complexity index is 590. The van der Waals surface area contributed by atoms with Gasteiger partial charge in [-0.25, -0.2) is 0 Å². The van der Waals surface area contributed by atoms with Gasteiger partial charge in [-0.1, -0.05) is 0 Å². The first kappa shape index (κ1) is 13.1. The second-order valence-corrected chi connectivity index (χ2v) is 5.76. The second kappa shape index (κ2) is 5.12. The molecule has 2 rings (SSSR count). The summed E-state index contributed by atoms with van der Waals surface area (Å²) in [4.78, 5) is 20.5. The van der Waals surface area contributed by atoms with E-state index in [4.69, 9.17) is 9.79 Å². The summed E-state index contributed by atoms with van der Waals surface area (Å²) >= 11 is 0. The highest BCUT2D eigenvalue weighted by Gasteiger charge is 2.11.